The molecule has 0 aliphatic heterocycles. The molecule has 116 valence electrons. The number of halogens is 2. The third-order valence-corrected chi connectivity index (χ3v) is 3.15. The van der Waals surface area contributed by atoms with Gasteiger partial charge in [0.1, 0.15) is 0 Å². The molecule has 1 N–H and O–H groups in total. The fourth-order valence-corrected chi connectivity index (χ4v) is 1.93. The Hall–Kier alpha value is -2.57. The van der Waals surface area contributed by atoms with E-state index in [4.69, 9.17) is 0 Å². The molecule has 0 spiro atoms. The third-order valence-electron chi connectivity index (χ3n) is 3.15. The molecule has 2 rings (SSSR count). The molecule has 1 amide bonds. The minimum atomic E-state index is -1.03. The molecule has 1 aromatic heterocycles. The summed E-state index contributed by atoms with van der Waals surface area (Å²) in [5.41, 5.74) is 0.249. The Kier molecular flexibility index (Phi) is 4.98. The summed E-state index contributed by atoms with van der Waals surface area (Å²) in [6.07, 6.45) is 0. The van der Waals surface area contributed by atoms with Crippen molar-refractivity contribution in [3.05, 3.63) is 47.7 Å². The number of hydrogen-bond donors (Lipinski definition) is 1. The molecule has 0 atom stereocenters. The molecule has 0 saturated heterocycles. The van der Waals surface area contributed by atoms with Gasteiger partial charge in [0, 0.05) is 24.8 Å². The van der Waals surface area contributed by atoms with Crippen molar-refractivity contribution in [3.8, 4) is 0 Å². The Balaban J connectivity index is 2.11. The van der Waals surface area contributed by atoms with Crippen LogP contribution >= 0.6 is 0 Å². The van der Waals surface area contributed by atoms with Crippen LogP contribution in [0.25, 0.3) is 0 Å². The second-order valence-electron chi connectivity index (χ2n) is 4.53. The van der Waals surface area contributed by atoms with Crippen LogP contribution in [0.1, 0.15) is 24.3 Å². The molecule has 5 nitrogen and oxygen atoms in total. The number of hydrogen-bond acceptors (Lipinski definition) is 4. The topological polar surface area (TPSA) is 58.1 Å². The van der Waals surface area contributed by atoms with Crippen molar-refractivity contribution in [2.45, 2.75) is 13.8 Å². The molecule has 1 aromatic carbocycles. The van der Waals surface area contributed by atoms with E-state index in [9.17, 15) is 13.6 Å². The lowest BCUT2D eigenvalue weighted by Crippen LogP contribution is -2.24. The van der Waals surface area contributed by atoms with Crippen LogP contribution in [0.2, 0.25) is 0 Å². The molecule has 22 heavy (non-hydrogen) atoms. The van der Waals surface area contributed by atoms with Gasteiger partial charge in [-0.3, -0.25) is 4.79 Å². The fourth-order valence-electron chi connectivity index (χ4n) is 1.93. The summed E-state index contributed by atoms with van der Waals surface area (Å²) in [5, 5.41) is 10.3. The highest BCUT2D eigenvalue weighted by Gasteiger charge is 2.11. The van der Waals surface area contributed by atoms with Gasteiger partial charge in [-0.05, 0) is 38.1 Å². The van der Waals surface area contributed by atoms with Gasteiger partial charge < -0.3 is 10.2 Å². The lowest BCUT2D eigenvalue weighted by molar-refractivity contribution is 0.102. The van der Waals surface area contributed by atoms with Gasteiger partial charge in [-0.2, -0.15) is 0 Å². The summed E-state index contributed by atoms with van der Waals surface area (Å²) in [6.45, 7) is 5.56. The summed E-state index contributed by atoms with van der Waals surface area (Å²) in [5.74, 6) is -1.86. The Morgan fingerprint density at radius 1 is 1.09 bits per heavy atom. The maximum atomic E-state index is 13.1. The number of aromatic nitrogens is 2. The monoisotopic (exact) mass is 306 g/mol. The number of carbonyl (C=O) groups is 1. The maximum Gasteiger partial charge on any atom is 0.276 e. The lowest BCUT2D eigenvalue weighted by atomic mass is 10.3. The summed E-state index contributed by atoms with van der Waals surface area (Å²) < 4.78 is 25.9. The van der Waals surface area contributed by atoms with Crippen molar-refractivity contribution in [1.29, 1.82) is 0 Å². The van der Waals surface area contributed by atoms with Crippen molar-refractivity contribution in [1.82, 2.24) is 10.2 Å². The van der Waals surface area contributed by atoms with Crippen molar-refractivity contribution in [3.63, 3.8) is 0 Å². The first-order valence-corrected chi connectivity index (χ1v) is 6.90. The van der Waals surface area contributed by atoms with Crippen molar-refractivity contribution >= 4 is 17.4 Å². The zero-order valence-corrected chi connectivity index (χ0v) is 12.3. The third kappa shape index (κ3) is 3.55. The zero-order valence-electron chi connectivity index (χ0n) is 12.3. The van der Waals surface area contributed by atoms with Gasteiger partial charge in [-0.25, -0.2) is 8.78 Å². The second-order valence-corrected chi connectivity index (χ2v) is 4.53. The Morgan fingerprint density at radius 3 is 2.36 bits per heavy atom. The van der Waals surface area contributed by atoms with Crippen molar-refractivity contribution in [2.75, 3.05) is 23.3 Å². The van der Waals surface area contributed by atoms with Crippen molar-refractivity contribution in [2.24, 2.45) is 0 Å². The molecular weight excluding hydrogens is 290 g/mol. The molecule has 7 heteroatoms. The number of rotatable bonds is 5. The Morgan fingerprint density at radius 2 is 1.82 bits per heavy atom. The van der Waals surface area contributed by atoms with E-state index in [1.807, 2.05) is 18.7 Å². The molecule has 0 unspecified atom stereocenters. The van der Waals surface area contributed by atoms with E-state index >= 15 is 0 Å². The summed E-state index contributed by atoms with van der Waals surface area (Å²) in [6, 6.07) is 6.36. The molecule has 1 heterocycles. The molecular formula is C15H16F2N4O. The minimum absolute atomic E-state index is 0.0978. The molecule has 2 aromatic rings. The highest BCUT2D eigenvalue weighted by atomic mass is 19.2. The first kappa shape index (κ1) is 15.8. The van der Waals surface area contributed by atoms with Crippen LogP contribution in [-0.2, 0) is 0 Å². The van der Waals surface area contributed by atoms with E-state index < -0.39 is 17.5 Å². The molecule has 0 fully saturated rings. The van der Waals surface area contributed by atoms with Gasteiger partial charge in [-0.15, -0.1) is 10.2 Å². The highest BCUT2D eigenvalue weighted by Crippen LogP contribution is 2.14. The van der Waals surface area contributed by atoms with Gasteiger partial charge >= 0.3 is 0 Å². The number of benzene rings is 1. The quantitative estimate of drug-likeness (QED) is 0.923. The van der Waals surface area contributed by atoms with E-state index in [-0.39, 0.29) is 11.4 Å². The van der Waals surface area contributed by atoms with Gasteiger partial charge in [0.25, 0.3) is 5.91 Å². The predicted molar refractivity (Wildman–Crippen MR) is 79.9 cm³/mol. The Bertz CT molecular complexity index is 657. The van der Waals surface area contributed by atoms with Crippen LogP contribution in [0.15, 0.2) is 30.3 Å². The lowest BCUT2D eigenvalue weighted by Gasteiger charge is -2.18. The fraction of sp³-hybridized carbons (Fsp3) is 0.267. The van der Waals surface area contributed by atoms with Crippen molar-refractivity contribution < 1.29 is 13.6 Å². The summed E-state index contributed by atoms with van der Waals surface area (Å²) in [4.78, 5) is 14.0. The van der Waals surface area contributed by atoms with Crippen LogP contribution < -0.4 is 10.2 Å². The maximum absolute atomic E-state index is 13.1. The van der Waals surface area contributed by atoms with E-state index in [2.05, 4.69) is 15.5 Å². The number of carbonyl (C=O) groups excluding carboxylic acids is 1. The van der Waals surface area contributed by atoms with Crippen LogP contribution in [0, 0.1) is 11.6 Å². The Labute approximate surface area is 127 Å². The predicted octanol–water partition coefficient (Wildman–Crippen LogP) is 2.85. The van der Waals surface area contributed by atoms with Gasteiger partial charge in [0.2, 0.25) is 0 Å². The average molecular weight is 306 g/mol. The smallest absolute Gasteiger partial charge is 0.276 e. The number of anilines is 2. The largest absolute Gasteiger partial charge is 0.356 e. The first-order valence-electron chi connectivity index (χ1n) is 6.90. The highest BCUT2D eigenvalue weighted by molar-refractivity contribution is 6.02. The summed E-state index contributed by atoms with van der Waals surface area (Å²) >= 11 is 0. The average Bonchev–Trinajstić information content (AvgIpc) is 2.53. The molecule has 0 saturated carbocycles. The summed E-state index contributed by atoms with van der Waals surface area (Å²) in [7, 11) is 0. The second kappa shape index (κ2) is 6.93. The minimum Gasteiger partial charge on any atom is -0.356 e. The van der Waals surface area contributed by atoms with Crippen LogP contribution in [0.5, 0.6) is 0 Å². The standard InChI is InChI=1S/C15H16F2N4O/c1-3-21(4-2)14-8-7-13(19-20-14)15(22)18-10-5-6-11(16)12(17)9-10/h5-9H,3-4H2,1-2H3,(H,18,22). The van der Waals surface area contributed by atoms with Crippen LogP contribution in [0.3, 0.4) is 0 Å². The van der Waals surface area contributed by atoms with E-state index in [1.165, 1.54) is 12.1 Å². The number of nitrogens with zero attached hydrogens (tertiary/aromatic N) is 3. The zero-order chi connectivity index (χ0) is 16.1. The van der Waals surface area contributed by atoms with Gasteiger partial charge in [0.05, 0.1) is 0 Å². The van der Waals surface area contributed by atoms with E-state index in [0.717, 1.165) is 25.2 Å². The molecule has 0 aliphatic rings. The molecule has 0 aliphatic carbocycles. The van der Waals surface area contributed by atoms with Gasteiger partial charge in [0.15, 0.2) is 23.1 Å². The molecule has 0 bridgehead atoms. The van der Waals surface area contributed by atoms with Crippen LogP contribution in [-0.4, -0.2) is 29.2 Å². The molecule has 0 radical (unpaired) electrons. The number of nitrogens with one attached hydrogen (secondary N) is 1. The van der Waals surface area contributed by atoms with E-state index in [0.29, 0.717) is 5.82 Å². The number of amides is 1. The first-order chi connectivity index (χ1) is 10.5. The van der Waals surface area contributed by atoms with Gasteiger partial charge in [-0.1, -0.05) is 0 Å². The van der Waals surface area contributed by atoms with E-state index in [1.54, 1.807) is 6.07 Å². The van der Waals surface area contributed by atoms with Crippen LogP contribution in [0.4, 0.5) is 20.3 Å². The SMILES string of the molecule is CCN(CC)c1ccc(C(=O)Nc2ccc(F)c(F)c2)nn1. The normalized spacial score (nSPS) is 10.4.